The minimum Gasteiger partial charge on any atom is -0.481 e. The van der Waals surface area contributed by atoms with Gasteiger partial charge in [0.05, 0.1) is 23.5 Å². The minimum absolute atomic E-state index is 0.0506. The summed E-state index contributed by atoms with van der Waals surface area (Å²) >= 11 is 6.70. The van der Waals surface area contributed by atoms with Crippen molar-refractivity contribution in [3.63, 3.8) is 0 Å². The Morgan fingerprint density at radius 3 is 2.53 bits per heavy atom. The molecule has 4 aliphatic rings. The Morgan fingerprint density at radius 2 is 1.84 bits per heavy atom. The van der Waals surface area contributed by atoms with Crippen LogP contribution < -0.4 is 5.32 Å². The molecule has 0 bridgehead atoms. The van der Waals surface area contributed by atoms with Gasteiger partial charge in [0.15, 0.2) is 5.78 Å². The Balaban J connectivity index is 1.14. The smallest absolute Gasteiger partial charge is 0.303 e. The van der Waals surface area contributed by atoms with Crippen LogP contribution in [0, 0.1) is 72.0 Å². The molecule has 2 aromatic rings. The quantitative estimate of drug-likeness (QED) is 0.141. The highest BCUT2D eigenvalue weighted by Gasteiger charge is 2.66. The number of anilines is 1. The number of nitrogens with zero attached hydrogens (tertiary/aromatic N) is 1. The summed E-state index contributed by atoms with van der Waals surface area (Å²) in [7, 11) is 0. The molecule has 4 fully saturated rings. The Kier molecular flexibility index (Phi) is 10.5. The highest BCUT2D eigenvalue weighted by molar-refractivity contribution is 6.31. The van der Waals surface area contributed by atoms with Crippen LogP contribution in [0.15, 0.2) is 24.3 Å². The van der Waals surface area contributed by atoms with E-state index in [0.717, 1.165) is 36.2 Å². The number of carbonyl (C=O) groups excluding carboxylic acids is 1. The first kappa shape index (κ1) is 37.8. The van der Waals surface area contributed by atoms with Gasteiger partial charge in [0, 0.05) is 34.9 Å². The van der Waals surface area contributed by atoms with Gasteiger partial charge in [-0.05, 0) is 142 Å². The monoisotopic (exact) mass is 718 g/mol. The Morgan fingerprint density at radius 1 is 1.10 bits per heavy atom. The lowest BCUT2D eigenvalue weighted by Gasteiger charge is -2.64. The summed E-state index contributed by atoms with van der Waals surface area (Å²) in [6.45, 7) is 12.3. The molecule has 51 heavy (non-hydrogen) atoms. The largest absolute Gasteiger partial charge is 0.481 e. The van der Waals surface area contributed by atoms with Crippen LogP contribution >= 0.6 is 11.6 Å². The van der Waals surface area contributed by atoms with Crippen molar-refractivity contribution in [2.75, 3.05) is 5.32 Å². The summed E-state index contributed by atoms with van der Waals surface area (Å²) in [5.74, 6) is 6.47. The molecule has 4 saturated carbocycles. The lowest BCUT2D eigenvalue weighted by molar-refractivity contribution is -0.211. The zero-order valence-corrected chi connectivity index (χ0v) is 31.7. The van der Waals surface area contributed by atoms with Crippen molar-refractivity contribution in [1.82, 2.24) is 4.98 Å². The number of aliphatic hydroxyl groups excluding tert-OH is 2. The van der Waals surface area contributed by atoms with E-state index in [4.69, 9.17) is 11.6 Å². The molecule has 0 saturated heterocycles. The maximum absolute atomic E-state index is 12.3. The number of ketones is 1. The van der Waals surface area contributed by atoms with Crippen molar-refractivity contribution in [2.24, 2.45) is 46.3 Å². The molecular formula is C42H55ClN2O6. The molecule has 5 unspecified atom stereocenters. The minimum atomic E-state index is -1.19. The fourth-order valence-electron chi connectivity index (χ4n) is 11.4. The third-order valence-corrected chi connectivity index (χ3v) is 14.4. The van der Waals surface area contributed by atoms with Crippen molar-refractivity contribution in [1.29, 1.82) is 0 Å². The zero-order valence-electron chi connectivity index (χ0n) is 30.9. The average molecular weight is 719 g/mol. The van der Waals surface area contributed by atoms with Crippen LogP contribution in [0.1, 0.15) is 118 Å². The van der Waals surface area contributed by atoms with Crippen molar-refractivity contribution < 1.29 is 30.0 Å². The molecule has 4 aliphatic carbocycles. The zero-order chi connectivity index (χ0) is 37.0. The summed E-state index contributed by atoms with van der Waals surface area (Å²) in [5.41, 5.74) is 2.71. The molecule has 5 N–H and O–H groups in total. The second kappa shape index (κ2) is 14.1. The number of Topliss-reactive ketones (excluding diaryl/α,β-unsaturated/α-hetero) is 1. The first-order chi connectivity index (χ1) is 24.0. The van der Waals surface area contributed by atoms with E-state index in [9.17, 15) is 30.0 Å². The van der Waals surface area contributed by atoms with Gasteiger partial charge in [0.25, 0.3) is 0 Å². The molecule has 11 atom stereocenters. The maximum atomic E-state index is 12.3. The van der Waals surface area contributed by atoms with Crippen molar-refractivity contribution in [2.45, 2.75) is 124 Å². The fourth-order valence-corrected chi connectivity index (χ4v) is 11.6. The molecule has 0 aliphatic heterocycles. The number of carboxylic acid groups (broad SMARTS) is 1. The van der Waals surface area contributed by atoms with Crippen LogP contribution in [0.5, 0.6) is 0 Å². The Bertz CT molecular complexity index is 1750. The van der Waals surface area contributed by atoms with E-state index in [1.807, 2.05) is 38.1 Å². The van der Waals surface area contributed by atoms with Gasteiger partial charge in [-0.1, -0.05) is 50.3 Å². The van der Waals surface area contributed by atoms with Crippen LogP contribution in [-0.4, -0.2) is 55.0 Å². The highest BCUT2D eigenvalue weighted by Crippen LogP contribution is 2.69. The molecule has 0 spiro atoms. The number of aryl methyl sites for hydroxylation is 2. The topological polar surface area (TPSA) is 140 Å². The first-order valence-corrected chi connectivity index (χ1v) is 19.2. The molecule has 1 aromatic heterocycles. The maximum Gasteiger partial charge on any atom is 0.303 e. The molecule has 9 heteroatoms. The third-order valence-electron chi connectivity index (χ3n) is 14.1. The van der Waals surface area contributed by atoms with Gasteiger partial charge in [0.2, 0.25) is 0 Å². The Labute approximate surface area is 307 Å². The van der Waals surface area contributed by atoms with Gasteiger partial charge in [-0.25, -0.2) is 0 Å². The number of fused-ring (bicyclic) bond motifs is 5. The Hall–Kier alpha value is -2.96. The molecule has 276 valence electrons. The van der Waals surface area contributed by atoms with Crippen LogP contribution in [0.4, 0.5) is 5.69 Å². The molecule has 0 radical (unpaired) electrons. The van der Waals surface area contributed by atoms with Gasteiger partial charge in [-0.15, -0.1) is 0 Å². The van der Waals surface area contributed by atoms with E-state index in [0.29, 0.717) is 60.5 Å². The van der Waals surface area contributed by atoms with E-state index in [1.54, 1.807) is 0 Å². The van der Waals surface area contributed by atoms with E-state index in [2.05, 4.69) is 42.9 Å². The predicted octanol–water partition coefficient (Wildman–Crippen LogP) is 7.35. The summed E-state index contributed by atoms with van der Waals surface area (Å²) in [5, 5.41) is 48.7. The van der Waals surface area contributed by atoms with E-state index in [1.165, 1.54) is 6.92 Å². The van der Waals surface area contributed by atoms with Gasteiger partial charge >= 0.3 is 5.97 Å². The third kappa shape index (κ3) is 6.97. The number of pyridine rings is 1. The van der Waals surface area contributed by atoms with Crippen molar-refractivity contribution in [3.8, 4) is 11.8 Å². The summed E-state index contributed by atoms with van der Waals surface area (Å²) < 4.78 is 0. The molecule has 0 amide bonds. The number of hydrogen-bond donors (Lipinski definition) is 5. The number of carboxylic acids is 1. The van der Waals surface area contributed by atoms with E-state index >= 15 is 0 Å². The van der Waals surface area contributed by atoms with Crippen LogP contribution in [0.2, 0.25) is 5.02 Å². The molecular weight excluding hydrogens is 664 g/mol. The normalized spacial score (nSPS) is 36.2. The van der Waals surface area contributed by atoms with E-state index < -0.39 is 23.8 Å². The lowest BCUT2D eigenvalue weighted by atomic mass is 9.42. The number of aliphatic hydroxyl groups is 3. The summed E-state index contributed by atoms with van der Waals surface area (Å²) in [4.78, 5) is 28.0. The molecule has 1 heterocycles. The van der Waals surface area contributed by atoms with Gasteiger partial charge in [-0.3, -0.25) is 14.6 Å². The molecule has 8 nitrogen and oxygen atoms in total. The van der Waals surface area contributed by atoms with Crippen molar-refractivity contribution in [3.05, 3.63) is 57.4 Å². The second-order valence-corrected chi connectivity index (χ2v) is 17.4. The van der Waals surface area contributed by atoms with E-state index in [-0.39, 0.29) is 58.5 Å². The van der Waals surface area contributed by atoms with Gasteiger partial charge in [0.1, 0.15) is 5.60 Å². The molecule has 6 rings (SSSR count). The fraction of sp³-hybridized carbons (Fsp3) is 0.643. The SMILES string of the molecule is CC(=O)c1c(NCc2ccc(C#C[C@@]3(O)CC[C@@]4(C)C(CC(O)C5C4C[C@H](O)[C@@]4(C)C5CC[C@@H]4[C@H](C)CCC(=O)O)C3)cc2Cl)cc(C)nc1C. The summed E-state index contributed by atoms with van der Waals surface area (Å²) in [6, 6.07) is 7.48. The number of nitrogens with one attached hydrogen (secondary N) is 1. The second-order valence-electron chi connectivity index (χ2n) is 17.0. The van der Waals surface area contributed by atoms with Gasteiger partial charge in [-0.2, -0.15) is 0 Å². The highest BCUT2D eigenvalue weighted by atomic mass is 35.5. The van der Waals surface area contributed by atoms with Crippen molar-refractivity contribution >= 4 is 29.0 Å². The van der Waals surface area contributed by atoms with Crippen LogP contribution in [0.25, 0.3) is 0 Å². The standard InChI is InChI=1S/C42H55ClN2O6/c1-23(7-12-37(49)50)30-10-11-31-39-32(20-36(48)41(30,31)6)40(5)15-16-42(51,21-29(40)19-35(39)47)14-13-27-8-9-28(33(43)18-27)22-44-34-17-24(2)45-25(3)38(34)26(4)46/h8-9,17-18,23,29-32,35-36,39,47-48,51H,7,10-12,15-16,19-22H2,1-6H3,(H,44,45)(H,49,50)/t23-,29?,30-,31?,32?,35?,36+,39?,40+,41-,42-/m1/s1. The molecule has 1 aromatic carbocycles. The van der Waals surface area contributed by atoms with Crippen LogP contribution in [-0.2, 0) is 11.3 Å². The number of rotatable bonds is 8. The number of aliphatic carboxylic acids is 1. The number of carbonyl (C=O) groups is 2. The average Bonchev–Trinajstić information content (AvgIpc) is 3.41. The van der Waals surface area contributed by atoms with Gasteiger partial charge < -0.3 is 25.7 Å². The lowest BCUT2D eigenvalue weighted by Crippen LogP contribution is -2.63. The summed E-state index contributed by atoms with van der Waals surface area (Å²) in [6.07, 6.45) is 4.63. The number of hydrogen-bond acceptors (Lipinski definition) is 7. The number of benzene rings is 1. The number of halogens is 1. The first-order valence-electron chi connectivity index (χ1n) is 18.8. The number of aromatic nitrogens is 1. The van der Waals surface area contributed by atoms with Crippen LogP contribution in [0.3, 0.4) is 0 Å². The predicted molar refractivity (Wildman–Crippen MR) is 198 cm³/mol.